The van der Waals surface area contributed by atoms with Gasteiger partial charge in [-0.3, -0.25) is 53.4 Å². The monoisotopic (exact) mass is 1230 g/mol. The minimum Gasteiger partial charge on any atom is -0.459 e. The van der Waals surface area contributed by atoms with E-state index < -0.39 is 16.8 Å². The van der Waals surface area contributed by atoms with Gasteiger partial charge in [0.15, 0.2) is 5.78 Å². The molecule has 4 N–H and O–H groups in total. The van der Waals surface area contributed by atoms with Gasteiger partial charge in [-0.05, 0) is 150 Å². The maximum Gasteiger partial charge on any atom is 0.320 e. The van der Waals surface area contributed by atoms with Crippen LogP contribution in [-0.2, 0) is 49.3 Å². The van der Waals surface area contributed by atoms with Crippen LogP contribution < -0.4 is 10.6 Å². The number of nitrogens with zero attached hydrogens (tertiary/aromatic N) is 6. The Balaban J connectivity index is 1.07. The number of ether oxygens (including phenoxy) is 4. The summed E-state index contributed by atoms with van der Waals surface area (Å²) in [5.41, 5.74) is 11.7. The van der Waals surface area contributed by atoms with Crippen LogP contribution in [0.5, 0.6) is 0 Å². The molecule has 3 aromatic rings. The van der Waals surface area contributed by atoms with Gasteiger partial charge in [-0.25, -0.2) is 4.98 Å². The summed E-state index contributed by atoms with van der Waals surface area (Å²) in [5.74, 6) is -1.78. The van der Waals surface area contributed by atoms with Crippen molar-refractivity contribution in [3.05, 3.63) is 68.8 Å². The lowest BCUT2D eigenvalue weighted by molar-refractivity contribution is -0.158. The van der Waals surface area contributed by atoms with Gasteiger partial charge in [0, 0.05) is 136 Å². The second-order valence-corrected chi connectivity index (χ2v) is 27.7. The van der Waals surface area contributed by atoms with Crippen molar-refractivity contribution in [2.45, 2.75) is 197 Å². The second-order valence-electron chi connectivity index (χ2n) is 27.7. The zero-order valence-electron chi connectivity index (χ0n) is 56.5. The highest BCUT2D eigenvalue weighted by Gasteiger charge is 2.37. The van der Waals surface area contributed by atoms with Gasteiger partial charge in [-0.1, -0.05) is 40.0 Å². The fraction of sp³-hybridized carbons (Fsp3) is 0.652. The summed E-state index contributed by atoms with van der Waals surface area (Å²) in [4.78, 5) is 107. The predicted molar refractivity (Wildman–Crippen MR) is 350 cm³/mol. The standard InChI is InChI=1S/C69H104N10O10/c1-17-19-20-21-34-86-47(7)63-45(5)53-36-52-44(4)49(65(74-52)50-35-57(80)64-46(6)54(75-66(50)64)37-55-48(18-2)43(3)51(72-55)38-56(63)73-53)22-23-58(81)70-24-25-71-59(82)39-76-26-28-77(40-60(83)87-67(8,9)10)30-32-79(42-62(85)89-69(14,15)16)33-31-78(29-27-76)41-61(84)88-68(11,12)13/h36-38,44,47,49,73,75H,17-35,39-42H2,1-16H3,(H,70,81)(H,71,82)/t44?,47?,49-/m0/s1. The first kappa shape index (κ1) is 70.1. The summed E-state index contributed by atoms with van der Waals surface area (Å²) in [7, 11) is 0. The Morgan fingerprint density at radius 2 is 1.15 bits per heavy atom. The Morgan fingerprint density at radius 3 is 1.66 bits per heavy atom. The number of rotatable bonds is 22. The van der Waals surface area contributed by atoms with Crippen LogP contribution in [0, 0.1) is 13.8 Å². The molecule has 1 aliphatic carbocycles. The number of aryl methyl sites for hydroxylation is 2. The summed E-state index contributed by atoms with van der Waals surface area (Å²) >= 11 is 0. The quantitative estimate of drug-likeness (QED) is 0.0416. The zero-order valence-corrected chi connectivity index (χ0v) is 56.5. The van der Waals surface area contributed by atoms with Crippen molar-refractivity contribution < 1.29 is 47.7 Å². The van der Waals surface area contributed by atoms with Gasteiger partial charge in [0.1, 0.15) is 16.8 Å². The second kappa shape index (κ2) is 30.7. The van der Waals surface area contributed by atoms with E-state index in [-0.39, 0.29) is 106 Å². The summed E-state index contributed by atoms with van der Waals surface area (Å²) in [6, 6.07) is 6.37. The number of unbranched alkanes of at least 4 members (excludes halogenated alkanes) is 3. The minimum absolute atomic E-state index is 0.0107. The fourth-order valence-corrected chi connectivity index (χ4v) is 12.5. The summed E-state index contributed by atoms with van der Waals surface area (Å²) in [6.45, 7) is 35.8. The molecule has 490 valence electrons. The number of fused-ring (bicyclic) bond motifs is 8. The summed E-state index contributed by atoms with van der Waals surface area (Å²) in [6.07, 6.45) is 5.95. The lowest BCUT2D eigenvalue weighted by Crippen LogP contribution is -2.50. The van der Waals surface area contributed by atoms with Gasteiger partial charge < -0.3 is 39.5 Å². The number of hydrogen-bond donors (Lipinski definition) is 4. The van der Waals surface area contributed by atoms with E-state index in [4.69, 9.17) is 28.9 Å². The molecule has 8 bridgehead atoms. The molecule has 0 spiro atoms. The number of aromatic nitrogens is 4. The van der Waals surface area contributed by atoms with Gasteiger partial charge in [-0.2, -0.15) is 0 Å². The Kier molecular flexibility index (Phi) is 24.2. The fourth-order valence-electron chi connectivity index (χ4n) is 12.5. The van der Waals surface area contributed by atoms with Gasteiger partial charge in [0.25, 0.3) is 0 Å². The van der Waals surface area contributed by atoms with E-state index in [0.717, 1.165) is 104 Å². The lowest BCUT2D eigenvalue weighted by atomic mass is 9.85. The van der Waals surface area contributed by atoms with Crippen molar-refractivity contribution in [2.75, 3.05) is 98.2 Å². The number of Topliss-reactive ketones (excluding diaryl/α,β-unsaturated/α-hetero) is 1. The molecule has 3 aromatic heterocycles. The highest BCUT2D eigenvalue weighted by Crippen LogP contribution is 2.45. The average Bonchev–Trinajstić information content (AvgIpc) is 2.37. The number of H-pyrrole nitrogens is 2. The van der Waals surface area contributed by atoms with E-state index in [1.54, 1.807) is 0 Å². The molecule has 0 aromatic carbocycles. The van der Waals surface area contributed by atoms with Crippen molar-refractivity contribution in [3.63, 3.8) is 0 Å². The molecule has 20 nitrogen and oxygen atoms in total. The third-order valence-electron chi connectivity index (χ3n) is 17.0. The first-order chi connectivity index (χ1) is 41.9. The SMILES string of the molecule is CCCCCCOC(C)c1c(C)c2cc3nc(c4c5[nH]c(cc6nc(cc1[nH]2)C(C)=C6CC)c(C)c5C(=O)C4)[C@@H](CCC(=O)NCCNC(=O)CN1CCN(CC(=O)OC(C)(C)C)CCN(CC(=O)OC(C)(C)C)CCN(CC(=O)OC(C)(C)C)CC1)C3C. The van der Waals surface area contributed by atoms with Crippen molar-refractivity contribution in [2.24, 2.45) is 0 Å². The van der Waals surface area contributed by atoms with E-state index in [0.29, 0.717) is 70.9 Å². The van der Waals surface area contributed by atoms with Gasteiger partial charge in [0.2, 0.25) is 11.8 Å². The maximum atomic E-state index is 14.1. The van der Waals surface area contributed by atoms with Crippen LogP contribution in [0.15, 0.2) is 18.2 Å². The van der Waals surface area contributed by atoms with Gasteiger partial charge in [-0.15, -0.1) is 0 Å². The number of carbonyl (C=O) groups is 6. The zero-order chi connectivity index (χ0) is 65.1. The average molecular weight is 1230 g/mol. The molecule has 1 saturated heterocycles. The van der Waals surface area contributed by atoms with E-state index in [9.17, 15) is 28.8 Å². The smallest absolute Gasteiger partial charge is 0.320 e. The topological polar surface area (TPSA) is 234 Å². The van der Waals surface area contributed by atoms with Crippen LogP contribution in [0.2, 0.25) is 0 Å². The number of carbonyl (C=O) groups excluding carboxylic acids is 6. The van der Waals surface area contributed by atoms with Crippen LogP contribution in [0.3, 0.4) is 0 Å². The molecule has 3 aliphatic heterocycles. The Labute approximate surface area is 528 Å². The highest BCUT2D eigenvalue weighted by molar-refractivity contribution is 6.13. The molecule has 0 radical (unpaired) electrons. The summed E-state index contributed by atoms with van der Waals surface area (Å²) < 4.78 is 23.7. The highest BCUT2D eigenvalue weighted by atomic mass is 16.6. The number of nitrogens with one attached hydrogen (secondary N) is 4. The van der Waals surface area contributed by atoms with Crippen molar-refractivity contribution >= 4 is 68.7 Å². The molecule has 2 amide bonds. The third-order valence-corrected chi connectivity index (χ3v) is 17.0. The van der Waals surface area contributed by atoms with Crippen LogP contribution in [-0.4, -0.2) is 190 Å². The minimum atomic E-state index is -0.687. The number of ketones is 1. The molecular formula is C69H104N10O10. The van der Waals surface area contributed by atoms with Crippen LogP contribution in [0.1, 0.15) is 215 Å². The van der Waals surface area contributed by atoms with Crippen molar-refractivity contribution in [1.82, 2.24) is 50.2 Å². The Morgan fingerprint density at radius 1 is 0.640 bits per heavy atom. The first-order valence-corrected chi connectivity index (χ1v) is 32.6. The molecule has 20 heteroatoms. The third kappa shape index (κ3) is 19.8. The first-order valence-electron chi connectivity index (χ1n) is 32.6. The van der Waals surface area contributed by atoms with Gasteiger partial charge in [0.05, 0.1) is 54.9 Å². The van der Waals surface area contributed by atoms with Gasteiger partial charge >= 0.3 is 17.9 Å². The normalized spacial score (nSPS) is 18.1. The molecule has 7 rings (SSSR count). The summed E-state index contributed by atoms with van der Waals surface area (Å²) in [5, 5.41) is 6.04. The Hall–Kier alpha value is -6.32. The largest absolute Gasteiger partial charge is 0.459 e. The van der Waals surface area contributed by atoms with E-state index >= 15 is 0 Å². The molecule has 4 aliphatic rings. The molecule has 3 atom stereocenters. The lowest BCUT2D eigenvalue weighted by Gasteiger charge is -2.34. The van der Waals surface area contributed by atoms with Crippen molar-refractivity contribution in [1.29, 1.82) is 0 Å². The van der Waals surface area contributed by atoms with Crippen LogP contribution >= 0.6 is 0 Å². The number of allylic oxidation sites excluding steroid dienone is 2. The number of aromatic amines is 2. The maximum absolute atomic E-state index is 14.1. The van der Waals surface area contributed by atoms with Crippen LogP contribution in [0.25, 0.3) is 33.2 Å². The molecule has 1 fully saturated rings. The number of esters is 3. The molecule has 89 heavy (non-hydrogen) atoms. The Bertz CT molecular complexity index is 3200. The molecule has 2 unspecified atom stereocenters. The number of amides is 2. The van der Waals surface area contributed by atoms with E-state index in [1.165, 1.54) is 6.42 Å². The van der Waals surface area contributed by atoms with E-state index in [2.05, 4.69) is 80.3 Å². The number of hydrogen-bond acceptors (Lipinski definition) is 16. The molecule has 6 heterocycles. The van der Waals surface area contributed by atoms with Crippen LogP contribution in [0.4, 0.5) is 0 Å². The van der Waals surface area contributed by atoms with E-state index in [1.807, 2.05) is 88.8 Å². The predicted octanol–water partition coefficient (Wildman–Crippen LogP) is 9.82. The molecule has 0 saturated carbocycles. The van der Waals surface area contributed by atoms with Crippen molar-refractivity contribution in [3.8, 4) is 0 Å². The molecular weight excluding hydrogens is 1130 g/mol.